The topological polar surface area (TPSA) is 64.4 Å². The van der Waals surface area contributed by atoms with Crippen LogP contribution in [0, 0.1) is 16.0 Å². The first kappa shape index (κ1) is 15.7. The highest BCUT2D eigenvalue weighted by Crippen LogP contribution is 2.19. The molecule has 1 heterocycles. The van der Waals surface area contributed by atoms with Crippen molar-refractivity contribution in [2.75, 3.05) is 19.7 Å². The molecule has 0 spiro atoms. The van der Waals surface area contributed by atoms with Crippen LogP contribution in [0.2, 0.25) is 0 Å². The summed E-state index contributed by atoms with van der Waals surface area (Å²) < 4.78 is 5.60. The van der Waals surface area contributed by atoms with Gasteiger partial charge in [0.15, 0.2) is 0 Å². The van der Waals surface area contributed by atoms with E-state index in [1.807, 2.05) is 0 Å². The van der Waals surface area contributed by atoms with Gasteiger partial charge in [-0.15, -0.1) is 12.4 Å². The number of piperidine rings is 1. The zero-order chi connectivity index (χ0) is 12.8. The van der Waals surface area contributed by atoms with Crippen molar-refractivity contribution in [3.05, 3.63) is 34.4 Å². The Bertz CT molecular complexity index is 391. The summed E-state index contributed by atoms with van der Waals surface area (Å²) in [4.78, 5) is 10.1. The molecule has 0 atom stereocenters. The van der Waals surface area contributed by atoms with Gasteiger partial charge >= 0.3 is 0 Å². The number of nitrogens with one attached hydrogen (secondary N) is 1. The standard InChI is InChI=1S/C13H18N2O3.ClH/c16-15(17)12-1-3-13(4-2-12)18-10-7-11-5-8-14-9-6-11;/h1-4,11,14H,5-10H2;1H. The van der Waals surface area contributed by atoms with Gasteiger partial charge in [-0.2, -0.15) is 0 Å². The summed E-state index contributed by atoms with van der Waals surface area (Å²) in [6.45, 7) is 2.88. The Balaban J connectivity index is 0.00000180. The third-order valence-electron chi connectivity index (χ3n) is 3.30. The molecule has 0 amide bonds. The number of non-ortho nitro benzene ring substituents is 1. The third-order valence-corrected chi connectivity index (χ3v) is 3.30. The predicted octanol–water partition coefficient (Wildman–Crippen LogP) is 2.79. The molecule has 1 N–H and O–H groups in total. The second-order valence-corrected chi connectivity index (χ2v) is 4.58. The van der Waals surface area contributed by atoms with Crippen molar-refractivity contribution in [3.63, 3.8) is 0 Å². The maximum Gasteiger partial charge on any atom is 0.269 e. The molecule has 1 saturated heterocycles. The minimum absolute atomic E-state index is 0. The van der Waals surface area contributed by atoms with E-state index in [4.69, 9.17) is 4.74 Å². The Hall–Kier alpha value is -1.33. The largest absolute Gasteiger partial charge is 0.494 e. The molecule has 1 aliphatic heterocycles. The predicted molar refractivity (Wildman–Crippen MR) is 76.1 cm³/mol. The fraction of sp³-hybridized carbons (Fsp3) is 0.538. The summed E-state index contributed by atoms with van der Waals surface area (Å²) in [7, 11) is 0. The van der Waals surface area contributed by atoms with Gasteiger partial charge < -0.3 is 10.1 Å². The molecule has 1 fully saturated rings. The van der Waals surface area contributed by atoms with E-state index >= 15 is 0 Å². The zero-order valence-corrected chi connectivity index (χ0v) is 11.5. The molecule has 0 bridgehead atoms. The minimum Gasteiger partial charge on any atom is -0.494 e. The molecular formula is C13H19ClN2O3. The van der Waals surface area contributed by atoms with E-state index < -0.39 is 4.92 Å². The van der Waals surface area contributed by atoms with Gasteiger partial charge in [-0.05, 0) is 50.4 Å². The van der Waals surface area contributed by atoms with Gasteiger partial charge in [0.25, 0.3) is 5.69 Å². The van der Waals surface area contributed by atoms with Gasteiger partial charge in [0.05, 0.1) is 11.5 Å². The number of nitro benzene ring substituents is 1. The third kappa shape index (κ3) is 5.04. The number of hydrogen-bond donors (Lipinski definition) is 1. The van der Waals surface area contributed by atoms with Gasteiger partial charge in [0, 0.05) is 12.1 Å². The van der Waals surface area contributed by atoms with Crippen molar-refractivity contribution in [1.82, 2.24) is 5.32 Å². The summed E-state index contributed by atoms with van der Waals surface area (Å²) in [6, 6.07) is 6.25. The summed E-state index contributed by atoms with van der Waals surface area (Å²) >= 11 is 0. The maximum absolute atomic E-state index is 10.5. The molecule has 0 radical (unpaired) electrons. The molecule has 0 unspecified atom stereocenters. The van der Waals surface area contributed by atoms with E-state index in [2.05, 4.69) is 5.32 Å². The van der Waals surface area contributed by atoms with Gasteiger partial charge in [-0.3, -0.25) is 10.1 Å². The number of nitro groups is 1. The number of benzene rings is 1. The summed E-state index contributed by atoms with van der Waals surface area (Å²) in [5.74, 6) is 1.44. The lowest BCUT2D eigenvalue weighted by atomic mass is 9.95. The van der Waals surface area contributed by atoms with Crippen molar-refractivity contribution in [2.45, 2.75) is 19.3 Å². The van der Waals surface area contributed by atoms with Gasteiger partial charge in [0.1, 0.15) is 5.75 Å². The molecule has 0 aromatic heterocycles. The first-order valence-corrected chi connectivity index (χ1v) is 6.33. The quantitative estimate of drug-likeness (QED) is 0.668. The zero-order valence-electron chi connectivity index (χ0n) is 10.7. The monoisotopic (exact) mass is 286 g/mol. The first-order chi connectivity index (χ1) is 8.75. The molecule has 1 aliphatic rings. The van der Waals surface area contributed by atoms with Crippen LogP contribution in [0.5, 0.6) is 5.75 Å². The van der Waals surface area contributed by atoms with E-state index in [0.717, 1.165) is 25.4 Å². The number of rotatable bonds is 5. The average Bonchev–Trinajstić information content (AvgIpc) is 2.40. The molecule has 1 aromatic carbocycles. The fourth-order valence-electron chi connectivity index (χ4n) is 2.18. The van der Waals surface area contributed by atoms with Gasteiger partial charge in [-0.1, -0.05) is 0 Å². The molecular weight excluding hydrogens is 268 g/mol. The minimum atomic E-state index is -0.404. The van der Waals surface area contributed by atoms with E-state index in [9.17, 15) is 10.1 Å². The number of hydrogen-bond acceptors (Lipinski definition) is 4. The lowest BCUT2D eigenvalue weighted by Crippen LogP contribution is -2.28. The molecule has 2 rings (SSSR count). The van der Waals surface area contributed by atoms with Crippen LogP contribution in [0.3, 0.4) is 0 Å². The lowest BCUT2D eigenvalue weighted by molar-refractivity contribution is -0.384. The van der Waals surface area contributed by atoms with Gasteiger partial charge in [-0.25, -0.2) is 0 Å². The van der Waals surface area contributed by atoms with E-state index in [1.54, 1.807) is 12.1 Å². The first-order valence-electron chi connectivity index (χ1n) is 6.33. The van der Waals surface area contributed by atoms with E-state index in [0.29, 0.717) is 12.4 Å². The van der Waals surface area contributed by atoms with E-state index in [-0.39, 0.29) is 18.1 Å². The van der Waals surface area contributed by atoms with Crippen LogP contribution < -0.4 is 10.1 Å². The smallest absolute Gasteiger partial charge is 0.269 e. The highest BCUT2D eigenvalue weighted by molar-refractivity contribution is 5.85. The Labute approximate surface area is 118 Å². The lowest BCUT2D eigenvalue weighted by Gasteiger charge is -2.22. The van der Waals surface area contributed by atoms with Crippen LogP contribution in [-0.2, 0) is 0 Å². The van der Waals surface area contributed by atoms with Crippen LogP contribution >= 0.6 is 12.4 Å². The van der Waals surface area contributed by atoms with Crippen molar-refractivity contribution >= 4 is 18.1 Å². The highest BCUT2D eigenvalue weighted by Gasteiger charge is 2.12. The second kappa shape index (κ2) is 7.96. The molecule has 19 heavy (non-hydrogen) atoms. The molecule has 1 aromatic rings. The van der Waals surface area contributed by atoms with Crippen LogP contribution in [0.15, 0.2) is 24.3 Å². The van der Waals surface area contributed by atoms with Crippen LogP contribution in [0.1, 0.15) is 19.3 Å². The molecule has 5 nitrogen and oxygen atoms in total. The van der Waals surface area contributed by atoms with Crippen molar-refractivity contribution in [3.8, 4) is 5.75 Å². The SMILES string of the molecule is Cl.O=[N+]([O-])c1ccc(OCCC2CCNCC2)cc1. The van der Waals surface area contributed by atoms with Crippen LogP contribution in [0.25, 0.3) is 0 Å². The number of ether oxygens (including phenoxy) is 1. The fourth-order valence-corrected chi connectivity index (χ4v) is 2.18. The van der Waals surface area contributed by atoms with Crippen molar-refractivity contribution in [1.29, 1.82) is 0 Å². The molecule has 0 aliphatic carbocycles. The molecule has 6 heteroatoms. The van der Waals surface area contributed by atoms with Crippen LogP contribution in [0.4, 0.5) is 5.69 Å². The Morgan fingerprint density at radius 1 is 1.26 bits per heavy atom. The molecule has 0 saturated carbocycles. The van der Waals surface area contributed by atoms with Crippen molar-refractivity contribution in [2.24, 2.45) is 5.92 Å². The normalized spacial score (nSPS) is 15.6. The van der Waals surface area contributed by atoms with Gasteiger partial charge in [0.2, 0.25) is 0 Å². The number of halogens is 1. The molecule has 106 valence electrons. The highest BCUT2D eigenvalue weighted by atomic mass is 35.5. The summed E-state index contributed by atoms with van der Waals surface area (Å²) in [5, 5.41) is 13.8. The summed E-state index contributed by atoms with van der Waals surface area (Å²) in [6.07, 6.45) is 3.48. The maximum atomic E-state index is 10.5. The summed E-state index contributed by atoms with van der Waals surface area (Å²) in [5.41, 5.74) is 0.0979. The Kier molecular flexibility index (Phi) is 6.59. The van der Waals surface area contributed by atoms with E-state index in [1.165, 1.54) is 25.0 Å². The number of nitrogens with zero attached hydrogens (tertiary/aromatic N) is 1. The van der Waals surface area contributed by atoms with Crippen molar-refractivity contribution < 1.29 is 9.66 Å². The Morgan fingerprint density at radius 3 is 2.47 bits per heavy atom. The second-order valence-electron chi connectivity index (χ2n) is 4.58. The van der Waals surface area contributed by atoms with Crippen LogP contribution in [-0.4, -0.2) is 24.6 Å². The average molecular weight is 287 g/mol. The Morgan fingerprint density at radius 2 is 1.89 bits per heavy atom.